The second-order valence-electron chi connectivity index (χ2n) is 4.27. The number of hydrogen-bond acceptors (Lipinski definition) is 4. The zero-order valence-electron chi connectivity index (χ0n) is 8.96. The Morgan fingerprint density at radius 2 is 1.71 bits per heavy atom. The summed E-state index contributed by atoms with van der Waals surface area (Å²) in [5, 5.41) is 8.99. The molecule has 0 saturated heterocycles. The summed E-state index contributed by atoms with van der Waals surface area (Å²) in [6.07, 6.45) is 0. The maximum Gasteiger partial charge on any atom is 0.348 e. The van der Waals surface area contributed by atoms with Crippen LogP contribution in [0.15, 0.2) is 0 Å². The van der Waals surface area contributed by atoms with Gasteiger partial charge in [0.1, 0.15) is 0 Å². The first-order chi connectivity index (χ1) is 6.15. The fraction of sp³-hybridized carbons (Fsp3) is 0.778. The third-order valence-corrected chi connectivity index (χ3v) is 2.32. The summed E-state index contributed by atoms with van der Waals surface area (Å²) in [6, 6.07) is 0. The van der Waals surface area contributed by atoms with Crippen LogP contribution in [0.3, 0.4) is 0 Å². The van der Waals surface area contributed by atoms with E-state index in [4.69, 9.17) is 15.6 Å². The van der Waals surface area contributed by atoms with Gasteiger partial charge in [-0.2, -0.15) is 0 Å². The number of nitrogens with two attached hydrogens (primary N) is 1. The summed E-state index contributed by atoms with van der Waals surface area (Å²) >= 11 is 0. The van der Waals surface area contributed by atoms with Crippen molar-refractivity contribution in [3.05, 3.63) is 0 Å². The van der Waals surface area contributed by atoms with E-state index in [9.17, 15) is 9.59 Å². The third-order valence-electron chi connectivity index (χ3n) is 2.32. The molecule has 0 aliphatic rings. The first-order valence-electron chi connectivity index (χ1n) is 4.30. The van der Waals surface area contributed by atoms with Crippen molar-refractivity contribution in [3.8, 4) is 0 Å². The quantitative estimate of drug-likeness (QED) is 0.647. The summed E-state index contributed by atoms with van der Waals surface area (Å²) in [6.45, 7) is 6.10. The first-order valence-corrected chi connectivity index (χ1v) is 4.30. The van der Waals surface area contributed by atoms with Crippen molar-refractivity contribution in [1.29, 1.82) is 0 Å². The van der Waals surface area contributed by atoms with Crippen LogP contribution >= 0.6 is 0 Å². The molecule has 0 bridgehead atoms. The summed E-state index contributed by atoms with van der Waals surface area (Å²) in [7, 11) is 0. The molecule has 1 atom stereocenters. The maximum absolute atomic E-state index is 11.0. The van der Waals surface area contributed by atoms with Crippen LogP contribution in [0, 0.1) is 5.41 Å². The topological polar surface area (TPSA) is 89.6 Å². The molecule has 82 valence electrons. The van der Waals surface area contributed by atoms with Gasteiger partial charge in [0.2, 0.25) is 5.60 Å². The molecule has 14 heavy (non-hydrogen) atoms. The summed E-state index contributed by atoms with van der Waals surface area (Å²) in [5.74, 6) is -1.89. The monoisotopic (exact) mass is 203 g/mol. The molecule has 0 rings (SSSR count). The molecule has 0 spiro atoms. The number of ether oxygens (including phenoxy) is 1. The lowest BCUT2D eigenvalue weighted by atomic mass is 9.77. The van der Waals surface area contributed by atoms with Crippen molar-refractivity contribution < 1.29 is 19.4 Å². The average molecular weight is 203 g/mol. The fourth-order valence-electron chi connectivity index (χ4n) is 0.787. The van der Waals surface area contributed by atoms with Crippen molar-refractivity contribution in [3.63, 3.8) is 0 Å². The van der Waals surface area contributed by atoms with Crippen LogP contribution in [-0.2, 0) is 14.3 Å². The standard InChI is InChI=1S/C9H17NO4/c1-8(2,3)9(4,7(12)13)14-6(11)5-10/h5,10H2,1-4H3,(H,12,13)/t9-/m0/s1. The lowest BCUT2D eigenvalue weighted by Crippen LogP contribution is -2.51. The van der Waals surface area contributed by atoms with Crippen molar-refractivity contribution >= 4 is 11.9 Å². The van der Waals surface area contributed by atoms with Gasteiger partial charge in [-0.15, -0.1) is 0 Å². The van der Waals surface area contributed by atoms with Crippen molar-refractivity contribution in [2.45, 2.75) is 33.3 Å². The van der Waals surface area contributed by atoms with Gasteiger partial charge < -0.3 is 15.6 Å². The Balaban J connectivity index is 4.93. The molecular weight excluding hydrogens is 186 g/mol. The first kappa shape index (κ1) is 12.9. The highest BCUT2D eigenvalue weighted by Crippen LogP contribution is 2.33. The molecule has 5 nitrogen and oxygen atoms in total. The van der Waals surface area contributed by atoms with Gasteiger partial charge in [0.05, 0.1) is 6.54 Å². The zero-order chi connectivity index (χ0) is 11.6. The van der Waals surface area contributed by atoms with Gasteiger partial charge in [-0.25, -0.2) is 4.79 Å². The van der Waals surface area contributed by atoms with E-state index in [1.807, 2.05) is 0 Å². The second-order valence-corrected chi connectivity index (χ2v) is 4.27. The summed E-state index contributed by atoms with van der Waals surface area (Å²) in [5.41, 5.74) is 2.81. The molecule has 0 aromatic carbocycles. The Hall–Kier alpha value is -1.10. The highest BCUT2D eigenvalue weighted by atomic mass is 16.6. The number of esters is 1. The molecule has 0 heterocycles. The Kier molecular flexibility index (Phi) is 3.65. The molecule has 0 amide bonds. The van der Waals surface area contributed by atoms with Gasteiger partial charge in [-0.1, -0.05) is 20.8 Å². The summed E-state index contributed by atoms with van der Waals surface area (Å²) in [4.78, 5) is 22.0. The van der Waals surface area contributed by atoms with Gasteiger partial charge in [0.15, 0.2) is 0 Å². The minimum Gasteiger partial charge on any atom is -0.478 e. The normalized spacial score (nSPS) is 15.8. The van der Waals surface area contributed by atoms with E-state index in [0.717, 1.165) is 0 Å². The Labute approximate surface area is 83.2 Å². The SMILES string of the molecule is CC(C)(C)[C@@](C)(OC(=O)CN)C(=O)O. The number of carbonyl (C=O) groups excluding carboxylic acids is 1. The Morgan fingerprint density at radius 1 is 1.29 bits per heavy atom. The van der Waals surface area contributed by atoms with E-state index >= 15 is 0 Å². The van der Waals surface area contributed by atoms with Gasteiger partial charge in [0.25, 0.3) is 0 Å². The van der Waals surface area contributed by atoms with Crippen molar-refractivity contribution in [2.24, 2.45) is 11.1 Å². The van der Waals surface area contributed by atoms with E-state index in [-0.39, 0.29) is 6.54 Å². The number of aliphatic carboxylic acids is 1. The lowest BCUT2D eigenvalue weighted by Gasteiger charge is -2.36. The third kappa shape index (κ3) is 2.45. The van der Waals surface area contributed by atoms with E-state index in [1.54, 1.807) is 20.8 Å². The largest absolute Gasteiger partial charge is 0.478 e. The Morgan fingerprint density at radius 3 is 1.93 bits per heavy atom. The highest BCUT2D eigenvalue weighted by Gasteiger charge is 2.48. The van der Waals surface area contributed by atoms with E-state index in [1.165, 1.54) is 6.92 Å². The van der Waals surface area contributed by atoms with Gasteiger partial charge in [0, 0.05) is 5.41 Å². The van der Waals surface area contributed by atoms with Gasteiger partial charge in [-0.3, -0.25) is 4.79 Å². The van der Waals surface area contributed by atoms with Crippen molar-refractivity contribution in [2.75, 3.05) is 6.54 Å². The molecule has 3 N–H and O–H groups in total. The van der Waals surface area contributed by atoms with Crippen LogP contribution in [0.1, 0.15) is 27.7 Å². The summed E-state index contributed by atoms with van der Waals surface area (Å²) < 4.78 is 4.85. The van der Waals surface area contributed by atoms with E-state index < -0.39 is 23.0 Å². The van der Waals surface area contributed by atoms with Crippen LogP contribution in [0.25, 0.3) is 0 Å². The molecule has 0 aliphatic carbocycles. The van der Waals surface area contributed by atoms with Crippen LogP contribution in [0.2, 0.25) is 0 Å². The lowest BCUT2D eigenvalue weighted by molar-refractivity contribution is -0.188. The number of carboxylic acids is 1. The predicted molar refractivity (Wildman–Crippen MR) is 50.6 cm³/mol. The van der Waals surface area contributed by atoms with Crippen molar-refractivity contribution in [1.82, 2.24) is 0 Å². The minimum atomic E-state index is -1.55. The molecule has 0 aromatic rings. The molecule has 0 unspecified atom stereocenters. The second kappa shape index (κ2) is 3.96. The smallest absolute Gasteiger partial charge is 0.348 e. The molecule has 5 heteroatoms. The maximum atomic E-state index is 11.0. The predicted octanol–water partition coefficient (Wildman–Crippen LogP) is 0.378. The number of rotatable bonds is 3. The molecular formula is C9H17NO4. The van der Waals surface area contributed by atoms with E-state index in [2.05, 4.69) is 0 Å². The highest BCUT2D eigenvalue weighted by molar-refractivity contribution is 5.83. The molecule has 0 saturated carbocycles. The van der Waals surface area contributed by atoms with Crippen LogP contribution in [0.5, 0.6) is 0 Å². The molecule has 0 aromatic heterocycles. The van der Waals surface area contributed by atoms with Crippen LogP contribution < -0.4 is 5.73 Å². The van der Waals surface area contributed by atoms with Gasteiger partial charge >= 0.3 is 11.9 Å². The zero-order valence-corrected chi connectivity index (χ0v) is 8.96. The number of carbonyl (C=O) groups is 2. The average Bonchev–Trinajstić information content (AvgIpc) is 2.01. The van der Waals surface area contributed by atoms with Gasteiger partial charge in [-0.05, 0) is 6.92 Å². The molecule has 0 radical (unpaired) electrons. The van der Waals surface area contributed by atoms with Crippen LogP contribution in [-0.4, -0.2) is 29.2 Å². The molecule has 0 aliphatic heterocycles. The Bertz CT molecular complexity index is 244. The molecule has 0 fully saturated rings. The fourth-order valence-corrected chi connectivity index (χ4v) is 0.787. The minimum absolute atomic E-state index is 0.320. The van der Waals surface area contributed by atoms with Crippen LogP contribution in [0.4, 0.5) is 0 Å². The van der Waals surface area contributed by atoms with E-state index in [0.29, 0.717) is 0 Å². The number of hydrogen-bond donors (Lipinski definition) is 2. The number of carboxylic acid groups (broad SMARTS) is 1.